The minimum absolute atomic E-state index is 0.243. The average Bonchev–Trinajstić information content (AvgIpc) is 2.81. The number of terminal acetylenes is 1. The van der Waals surface area contributed by atoms with Crippen LogP contribution in [0.2, 0.25) is 0 Å². The van der Waals surface area contributed by atoms with Crippen LogP contribution in [0.25, 0.3) is 11.0 Å². The lowest BCUT2D eigenvalue weighted by Gasteiger charge is -2.10. The van der Waals surface area contributed by atoms with Gasteiger partial charge in [-0.25, -0.2) is 0 Å². The van der Waals surface area contributed by atoms with Crippen molar-refractivity contribution in [1.82, 2.24) is 5.32 Å². The van der Waals surface area contributed by atoms with Gasteiger partial charge in [-0.15, -0.1) is 6.42 Å². The lowest BCUT2D eigenvalue weighted by atomic mass is 10.1. The van der Waals surface area contributed by atoms with E-state index in [2.05, 4.69) is 11.2 Å². The number of benzene rings is 1. The van der Waals surface area contributed by atoms with Gasteiger partial charge in [-0.3, -0.25) is 4.79 Å². The van der Waals surface area contributed by atoms with Gasteiger partial charge in [0.05, 0.1) is 6.04 Å². The topological polar surface area (TPSA) is 42.2 Å². The predicted molar refractivity (Wildman–Crippen MR) is 75.9 cm³/mol. The first kappa shape index (κ1) is 13.2. The molecule has 0 radical (unpaired) electrons. The second kappa shape index (κ2) is 5.62. The smallest absolute Gasteiger partial charge is 0.288 e. The third-order valence-electron chi connectivity index (χ3n) is 2.98. The van der Waals surface area contributed by atoms with Crippen LogP contribution < -0.4 is 5.32 Å². The van der Waals surface area contributed by atoms with Crippen LogP contribution in [0, 0.1) is 19.3 Å². The van der Waals surface area contributed by atoms with Crippen LogP contribution in [0.3, 0.4) is 0 Å². The highest BCUT2D eigenvalue weighted by Gasteiger charge is 2.15. The minimum Gasteiger partial charge on any atom is -0.451 e. The van der Waals surface area contributed by atoms with Crippen LogP contribution >= 0.6 is 0 Å². The summed E-state index contributed by atoms with van der Waals surface area (Å²) in [4.78, 5) is 12.0. The molecule has 1 unspecified atom stereocenters. The van der Waals surface area contributed by atoms with Crippen LogP contribution in [0.4, 0.5) is 0 Å². The first-order valence-electron chi connectivity index (χ1n) is 6.41. The molecule has 0 saturated carbocycles. The molecule has 1 aromatic carbocycles. The molecule has 2 aromatic rings. The van der Waals surface area contributed by atoms with Crippen molar-refractivity contribution in [3.05, 3.63) is 35.6 Å². The summed E-state index contributed by atoms with van der Waals surface area (Å²) in [5, 5.41) is 3.72. The molecule has 0 aliphatic carbocycles. The van der Waals surface area contributed by atoms with Crippen LogP contribution in [0.15, 0.2) is 28.7 Å². The molecule has 0 aliphatic rings. The third kappa shape index (κ3) is 2.97. The maximum absolute atomic E-state index is 12.0. The molecule has 3 heteroatoms. The van der Waals surface area contributed by atoms with Crippen molar-refractivity contribution in [2.45, 2.75) is 32.7 Å². The third-order valence-corrected chi connectivity index (χ3v) is 2.98. The van der Waals surface area contributed by atoms with E-state index in [4.69, 9.17) is 10.8 Å². The molecule has 0 saturated heterocycles. The number of rotatable bonds is 4. The van der Waals surface area contributed by atoms with Gasteiger partial charge < -0.3 is 9.73 Å². The molecular weight excluding hydrogens is 238 g/mol. The molecule has 2 rings (SSSR count). The summed E-state index contributed by atoms with van der Waals surface area (Å²) in [6, 6.07) is 7.31. The Bertz CT molecular complexity index is 634. The second-order valence-electron chi connectivity index (χ2n) is 4.63. The number of hydrogen-bond acceptors (Lipinski definition) is 2. The highest BCUT2D eigenvalue weighted by atomic mass is 16.3. The van der Waals surface area contributed by atoms with Crippen molar-refractivity contribution in [3.63, 3.8) is 0 Å². The number of nitrogens with one attached hydrogen (secondary N) is 1. The Balaban J connectivity index is 2.20. The molecular formula is C16H17NO2. The standard InChI is InChI=1S/C16H17NO2/c1-4-6-13(5-2)17-16(18)15-10-12-9-11(3)7-8-14(12)19-15/h2,7-10,13H,4,6H2,1,3H3,(H,17,18). The van der Waals surface area contributed by atoms with E-state index in [1.54, 1.807) is 6.07 Å². The number of amides is 1. The fourth-order valence-corrected chi connectivity index (χ4v) is 1.99. The molecule has 0 bridgehead atoms. The number of carbonyl (C=O) groups excluding carboxylic acids is 1. The highest BCUT2D eigenvalue weighted by molar-refractivity contribution is 5.96. The maximum Gasteiger partial charge on any atom is 0.288 e. The van der Waals surface area contributed by atoms with Gasteiger partial charge in [0.2, 0.25) is 0 Å². The van der Waals surface area contributed by atoms with Gasteiger partial charge in [-0.2, -0.15) is 0 Å². The second-order valence-corrected chi connectivity index (χ2v) is 4.63. The Labute approximate surface area is 113 Å². The van der Waals surface area contributed by atoms with Gasteiger partial charge in [-0.1, -0.05) is 30.9 Å². The van der Waals surface area contributed by atoms with Crippen molar-refractivity contribution in [3.8, 4) is 12.3 Å². The lowest BCUT2D eigenvalue weighted by Crippen LogP contribution is -2.33. The van der Waals surface area contributed by atoms with E-state index in [0.29, 0.717) is 11.3 Å². The molecule has 1 aromatic heterocycles. The average molecular weight is 255 g/mol. The fraction of sp³-hybridized carbons (Fsp3) is 0.312. The largest absolute Gasteiger partial charge is 0.451 e. The maximum atomic E-state index is 12.0. The van der Waals surface area contributed by atoms with E-state index >= 15 is 0 Å². The molecule has 3 nitrogen and oxygen atoms in total. The number of aryl methyl sites for hydroxylation is 1. The van der Waals surface area contributed by atoms with Gasteiger partial charge in [-0.05, 0) is 31.5 Å². The van der Waals surface area contributed by atoms with Crippen LogP contribution in [0.5, 0.6) is 0 Å². The number of furan rings is 1. The lowest BCUT2D eigenvalue weighted by molar-refractivity contribution is 0.0918. The molecule has 0 aliphatic heterocycles. The summed E-state index contributed by atoms with van der Waals surface area (Å²) in [7, 11) is 0. The molecule has 0 fully saturated rings. The zero-order valence-electron chi connectivity index (χ0n) is 11.2. The Hall–Kier alpha value is -2.21. The monoisotopic (exact) mass is 255 g/mol. The fourth-order valence-electron chi connectivity index (χ4n) is 1.99. The van der Waals surface area contributed by atoms with E-state index in [-0.39, 0.29) is 11.9 Å². The number of hydrogen-bond donors (Lipinski definition) is 1. The molecule has 98 valence electrons. The summed E-state index contributed by atoms with van der Waals surface area (Å²) in [6.45, 7) is 4.03. The Morgan fingerprint density at radius 2 is 2.26 bits per heavy atom. The molecule has 1 heterocycles. The molecule has 1 N–H and O–H groups in total. The van der Waals surface area contributed by atoms with E-state index in [0.717, 1.165) is 23.8 Å². The Morgan fingerprint density at radius 3 is 2.95 bits per heavy atom. The highest BCUT2D eigenvalue weighted by Crippen LogP contribution is 2.20. The van der Waals surface area contributed by atoms with E-state index in [9.17, 15) is 4.79 Å². The Kier molecular flexibility index (Phi) is 3.91. The van der Waals surface area contributed by atoms with Gasteiger partial charge in [0.15, 0.2) is 5.76 Å². The molecule has 19 heavy (non-hydrogen) atoms. The Morgan fingerprint density at radius 1 is 1.47 bits per heavy atom. The van der Waals surface area contributed by atoms with Gasteiger partial charge in [0.1, 0.15) is 5.58 Å². The zero-order chi connectivity index (χ0) is 13.8. The van der Waals surface area contributed by atoms with Crippen LogP contribution in [-0.2, 0) is 0 Å². The summed E-state index contributed by atoms with van der Waals surface area (Å²) in [5.41, 5.74) is 1.84. The van der Waals surface area contributed by atoms with Crippen molar-refractivity contribution in [2.75, 3.05) is 0 Å². The first-order valence-corrected chi connectivity index (χ1v) is 6.41. The number of fused-ring (bicyclic) bond motifs is 1. The molecule has 0 spiro atoms. The van der Waals surface area contributed by atoms with E-state index in [1.807, 2.05) is 32.0 Å². The van der Waals surface area contributed by atoms with E-state index < -0.39 is 0 Å². The first-order chi connectivity index (χ1) is 9.13. The van der Waals surface area contributed by atoms with Gasteiger partial charge >= 0.3 is 0 Å². The van der Waals surface area contributed by atoms with Crippen molar-refractivity contribution in [1.29, 1.82) is 0 Å². The van der Waals surface area contributed by atoms with Crippen LogP contribution in [0.1, 0.15) is 35.9 Å². The summed E-state index contributed by atoms with van der Waals surface area (Å²) in [6.07, 6.45) is 7.08. The summed E-state index contributed by atoms with van der Waals surface area (Å²) < 4.78 is 5.53. The van der Waals surface area contributed by atoms with Gasteiger partial charge in [0, 0.05) is 5.39 Å². The van der Waals surface area contributed by atoms with Gasteiger partial charge in [0.25, 0.3) is 5.91 Å². The summed E-state index contributed by atoms with van der Waals surface area (Å²) >= 11 is 0. The quantitative estimate of drug-likeness (QED) is 0.852. The summed E-state index contributed by atoms with van der Waals surface area (Å²) in [5.74, 6) is 2.62. The molecule has 1 amide bonds. The molecule has 1 atom stereocenters. The SMILES string of the molecule is C#CC(CCC)NC(=O)c1cc2cc(C)ccc2o1. The normalized spacial score (nSPS) is 12.1. The van der Waals surface area contributed by atoms with Crippen molar-refractivity contribution >= 4 is 16.9 Å². The minimum atomic E-state index is -0.259. The zero-order valence-corrected chi connectivity index (χ0v) is 11.2. The predicted octanol–water partition coefficient (Wildman–Crippen LogP) is 3.27. The van der Waals surface area contributed by atoms with Crippen molar-refractivity contribution in [2.24, 2.45) is 0 Å². The van der Waals surface area contributed by atoms with E-state index in [1.165, 1.54) is 0 Å². The van der Waals surface area contributed by atoms with Crippen LogP contribution in [-0.4, -0.2) is 11.9 Å². The van der Waals surface area contributed by atoms with Crippen molar-refractivity contribution < 1.29 is 9.21 Å². The number of carbonyl (C=O) groups is 1.